The van der Waals surface area contributed by atoms with Gasteiger partial charge in [-0.25, -0.2) is 4.99 Å². The van der Waals surface area contributed by atoms with Crippen LogP contribution in [0.3, 0.4) is 0 Å². The van der Waals surface area contributed by atoms with Crippen molar-refractivity contribution in [2.24, 2.45) is 4.99 Å². The molecule has 1 amide bonds. The second kappa shape index (κ2) is 16.0. The van der Waals surface area contributed by atoms with Crippen LogP contribution in [-0.4, -0.2) is 53.8 Å². The summed E-state index contributed by atoms with van der Waals surface area (Å²) >= 11 is 0. The highest BCUT2D eigenvalue weighted by atomic mass is 16.6. The summed E-state index contributed by atoms with van der Waals surface area (Å²) in [4.78, 5) is 32.6. The van der Waals surface area contributed by atoms with Crippen molar-refractivity contribution in [3.63, 3.8) is 0 Å². The van der Waals surface area contributed by atoms with Gasteiger partial charge in [0.2, 0.25) is 5.90 Å². The lowest BCUT2D eigenvalue weighted by molar-refractivity contribution is -0.155. The molecule has 2 N–H and O–H groups in total. The molecule has 49 heavy (non-hydrogen) atoms. The Hall–Kier alpha value is -4.95. The van der Waals surface area contributed by atoms with Crippen LogP contribution in [0.5, 0.6) is 5.75 Å². The predicted octanol–water partition coefficient (Wildman–Crippen LogP) is 7.16. The van der Waals surface area contributed by atoms with Crippen molar-refractivity contribution in [3.05, 3.63) is 125 Å². The van der Waals surface area contributed by atoms with Gasteiger partial charge in [-0.2, -0.15) is 0 Å². The minimum absolute atomic E-state index is 0.0287. The number of aliphatic imine (C=N–C) groups is 1. The Kier molecular flexibility index (Phi) is 11.5. The molecule has 1 aliphatic heterocycles. The number of amides is 1. The normalized spacial score (nSPS) is 17.2. The zero-order valence-electron chi connectivity index (χ0n) is 28.8. The zero-order valence-corrected chi connectivity index (χ0v) is 28.8. The van der Waals surface area contributed by atoms with Crippen LogP contribution in [0.4, 0.5) is 0 Å². The zero-order chi connectivity index (χ0) is 34.9. The number of hydrogen-bond acceptors (Lipinski definition) is 7. The molecule has 1 heterocycles. The molecule has 0 bridgehead atoms. The van der Waals surface area contributed by atoms with Crippen molar-refractivity contribution < 1.29 is 28.9 Å². The van der Waals surface area contributed by atoms with Gasteiger partial charge in [0.25, 0.3) is 5.91 Å². The molecule has 4 aromatic rings. The summed E-state index contributed by atoms with van der Waals surface area (Å²) in [5, 5.41) is 12.2. The molecule has 0 radical (unpaired) electrons. The van der Waals surface area contributed by atoms with E-state index in [1.807, 2.05) is 107 Å². The lowest BCUT2D eigenvalue weighted by atomic mass is 9.83. The van der Waals surface area contributed by atoms with Crippen molar-refractivity contribution in [2.45, 2.75) is 70.6 Å². The van der Waals surface area contributed by atoms with E-state index in [0.717, 1.165) is 22.3 Å². The van der Waals surface area contributed by atoms with Gasteiger partial charge in [-0.05, 0) is 87.1 Å². The maximum absolute atomic E-state index is 14.5. The molecule has 8 nitrogen and oxygen atoms in total. The van der Waals surface area contributed by atoms with E-state index in [2.05, 4.69) is 29.6 Å². The van der Waals surface area contributed by atoms with Crippen LogP contribution < -0.4 is 10.1 Å². The number of carbonyl (C=O) groups excluding carboxylic acids is 2. The maximum atomic E-state index is 14.5. The molecule has 0 aliphatic carbocycles. The van der Waals surface area contributed by atoms with E-state index in [9.17, 15) is 9.59 Å². The van der Waals surface area contributed by atoms with Crippen molar-refractivity contribution in [3.8, 4) is 16.9 Å². The number of ether oxygens (including phenoxy) is 3. The molecule has 256 valence electrons. The first-order valence-electron chi connectivity index (χ1n) is 16.9. The topological polar surface area (TPSA) is 106 Å². The Morgan fingerprint density at radius 1 is 0.878 bits per heavy atom. The third-order valence-corrected chi connectivity index (χ3v) is 8.30. The highest BCUT2D eigenvalue weighted by Gasteiger charge is 2.53. The van der Waals surface area contributed by atoms with E-state index in [4.69, 9.17) is 24.3 Å². The summed E-state index contributed by atoms with van der Waals surface area (Å²) in [5.41, 5.74) is 3.69. The van der Waals surface area contributed by atoms with Crippen LogP contribution in [0.1, 0.15) is 68.4 Å². The van der Waals surface area contributed by atoms with Crippen LogP contribution in [0.2, 0.25) is 0 Å². The molecular weight excluding hydrogens is 616 g/mol. The molecule has 5 rings (SSSR count). The van der Waals surface area contributed by atoms with E-state index in [-0.39, 0.29) is 25.4 Å². The van der Waals surface area contributed by atoms with Gasteiger partial charge in [-0.3, -0.25) is 9.59 Å². The highest BCUT2D eigenvalue weighted by Crippen LogP contribution is 2.44. The van der Waals surface area contributed by atoms with Gasteiger partial charge in [0.15, 0.2) is 11.6 Å². The van der Waals surface area contributed by atoms with Crippen molar-refractivity contribution in [1.29, 1.82) is 0 Å². The number of nitrogens with zero attached hydrogens (tertiary/aromatic N) is 1. The number of benzene rings is 4. The fourth-order valence-corrected chi connectivity index (χ4v) is 5.76. The Morgan fingerprint density at radius 2 is 1.53 bits per heavy atom. The van der Waals surface area contributed by atoms with Gasteiger partial charge >= 0.3 is 5.97 Å². The molecule has 0 fully saturated rings. The van der Waals surface area contributed by atoms with Crippen LogP contribution >= 0.6 is 0 Å². The van der Waals surface area contributed by atoms with Gasteiger partial charge in [0, 0.05) is 31.6 Å². The Bertz CT molecular complexity index is 1710. The van der Waals surface area contributed by atoms with E-state index < -0.39 is 23.2 Å². The summed E-state index contributed by atoms with van der Waals surface area (Å²) in [6.07, 6.45) is 0.407. The number of rotatable bonds is 14. The molecule has 8 heteroatoms. The third kappa shape index (κ3) is 9.36. The first kappa shape index (κ1) is 35.4. The lowest BCUT2D eigenvalue weighted by Gasteiger charge is -2.31. The SMILES string of the molecule is Cc1ccc(CCNC(=O)[C@]2(CCC(=O)OC(C)(C)C)N=C(c3ccc(OCCCO)cc3)O[C@@H]2c2ccc(-c3ccccc3)cc2)cc1. The number of aliphatic hydroxyl groups excluding tert-OH is 1. The second-order valence-electron chi connectivity index (χ2n) is 13.4. The third-order valence-electron chi connectivity index (χ3n) is 8.30. The number of esters is 1. The summed E-state index contributed by atoms with van der Waals surface area (Å²) in [6, 6.07) is 33.5. The van der Waals surface area contributed by atoms with Gasteiger partial charge in [-0.15, -0.1) is 0 Å². The molecule has 0 aromatic heterocycles. The first-order valence-corrected chi connectivity index (χ1v) is 16.9. The van der Waals surface area contributed by atoms with Gasteiger partial charge in [0.1, 0.15) is 11.4 Å². The number of carbonyl (C=O) groups is 2. The predicted molar refractivity (Wildman–Crippen MR) is 192 cm³/mol. The van der Waals surface area contributed by atoms with Crippen molar-refractivity contribution in [2.75, 3.05) is 19.8 Å². The summed E-state index contributed by atoms with van der Waals surface area (Å²) in [6.45, 7) is 8.34. The van der Waals surface area contributed by atoms with Crippen LogP contribution in [-0.2, 0) is 25.5 Å². The minimum atomic E-state index is -1.45. The van der Waals surface area contributed by atoms with E-state index in [1.165, 1.54) is 5.56 Å². The standard InChI is InChI=1S/C41H46N2O6/c1-29-11-13-30(14-12-29)24-26-42-39(46)41(25-23-36(45)49-40(2,3)4)37(33-17-15-32(16-18-33)31-9-6-5-7-10-31)48-38(43-41)34-19-21-35(22-20-34)47-28-8-27-44/h5-7,9-22,37,44H,8,23-28H2,1-4H3,(H,42,46)/t37-,41-/m1/s1. The van der Waals surface area contributed by atoms with E-state index in [0.29, 0.717) is 43.2 Å². The van der Waals surface area contributed by atoms with Gasteiger partial charge in [-0.1, -0.05) is 84.4 Å². The van der Waals surface area contributed by atoms with Crippen LogP contribution in [0, 0.1) is 6.92 Å². The monoisotopic (exact) mass is 662 g/mol. The summed E-state index contributed by atoms with van der Waals surface area (Å²) < 4.78 is 18.0. The van der Waals surface area contributed by atoms with Gasteiger partial charge < -0.3 is 24.6 Å². The fraction of sp³-hybridized carbons (Fsp3) is 0.341. The maximum Gasteiger partial charge on any atom is 0.306 e. The molecule has 0 saturated heterocycles. The molecule has 4 aromatic carbocycles. The van der Waals surface area contributed by atoms with Crippen molar-refractivity contribution >= 4 is 17.8 Å². The molecule has 2 atom stereocenters. The average Bonchev–Trinajstić information content (AvgIpc) is 3.49. The highest BCUT2D eigenvalue weighted by molar-refractivity contribution is 6.01. The molecule has 0 saturated carbocycles. The van der Waals surface area contributed by atoms with Crippen molar-refractivity contribution in [1.82, 2.24) is 5.32 Å². The van der Waals surface area contributed by atoms with Crippen LogP contribution in [0.25, 0.3) is 11.1 Å². The number of hydrogen-bond donors (Lipinski definition) is 2. The second-order valence-corrected chi connectivity index (χ2v) is 13.4. The number of aryl methyl sites for hydroxylation is 1. The first-order chi connectivity index (χ1) is 23.6. The molecule has 0 unspecified atom stereocenters. The molecule has 1 aliphatic rings. The summed E-state index contributed by atoms with van der Waals surface area (Å²) in [5.74, 6) is 0.218. The smallest absolute Gasteiger partial charge is 0.306 e. The molecular formula is C41H46N2O6. The minimum Gasteiger partial charge on any atom is -0.494 e. The van der Waals surface area contributed by atoms with Gasteiger partial charge in [0.05, 0.1) is 6.61 Å². The number of aliphatic hydroxyl groups is 1. The average molecular weight is 663 g/mol. The Labute approximate surface area is 289 Å². The lowest BCUT2D eigenvalue weighted by Crippen LogP contribution is -2.49. The quantitative estimate of drug-likeness (QED) is 0.110. The van der Waals surface area contributed by atoms with Crippen LogP contribution in [0.15, 0.2) is 108 Å². The summed E-state index contributed by atoms with van der Waals surface area (Å²) in [7, 11) is 0. The Morgan fingerprint density at radius 3 is 2.18 bits per heavy atom. The number of nitrogens with one attached hydrogen (secondary N) is 1. The fourth-order valence-electron chi connectivity index (χ4n) is 5.76. The molecule has 0 spiro atoms. The van der Waals surface area contributed by atoms with E-state index in [1.54, 1.807) is 0 Å². The largest absolute Gasteiger partial charge is 0.494 e. The Balaban J connectivity index is 1.49. The van der Waals surface area contributed by atoms with E-state index >= 15 is 0 Å².